The van der Waals surface area contributed by atoms with E-state index in [4.69, 9.17) is 4.74 Å². The molecule has 5 nitrogen and oxygen atoms in total. The van der Waals surface area contributed by atoms with Crippen LogP contribution in [0.5, 0.6) is 5.75 Å². The molecule has 1 saturated heterocycles. The lowest BCUT2D eigenvalue weighted by Crippen LogP contribution is -2.37. The van der Waals surface area contributed by atoms with Crippen LogP contribution in [-0.2, 0) is 16.0 Å². The maximum atomic E-state index is 12.0. The van der Waals surface area contributed by atoms with Crippen LogP contribution in [0.4, 0.5) is 0 Å². The van der Waals surface area contributed by atoms with Gasteiger partial charge in [0.05, 0.1) is 13.2 Å². The molecule has 1 aromatic rings. The number of hydrogen-bond acceptors (Lipinski definition) is 3. The molecule has 0 spiro atoms. The molecular formula is C17H22N2O3. The average molecular weight is 302 g/mol. The van der Waals surface area contributed by atoms with Crippen LogP contribution in [0.1, 0.15) is 18.4 Å². The van der Waals surface area contributed by atoms with Gasteiger partial charge in [0.25, 0.3) is 0 Å². The van der Waals surface area contributed by atoms with Crippen LogP contribution in [0.3, 0.4) is 0 Å². The monoisotopic (exact) mass is 302 g/mol. The standard InChI is InChI=1S/C17H22N2O3/c1-3-4-16(20)18-14-11-17(21)19(12-14)10-9-13-5-7-15(22-2)8-6-13/h3,5-8,14H,1,4,9-12H2,2H3,(H,18,20)/t14-/m0/s1. The molecule has 0 aliphatic carbocycles. The third kappa shape index (κ3) is 4.35. The Morgan fingerprint density at radius 3 is 2.82 bits per heavy atom. The summed E-state index contributed by atoms with van der Waals surface area (Å²) in [6, 6.07) is 7.75. The number of carbonyl (C=O) groups is 2. The molecule has 0 saturated carbocycles. The van der Waals surface area contributed by atoms with E-state index in [2.05, 4.69) is 11.9 Å². The summed E-state index contributed by atoms with van der Waals surface area (Å²) in [5.41, 5.74) is 1.16. The topological polar surface area (TPSA) is 58.6 Å². The number of hydrogen-bond donors (Lipinski definition) is 1. The number of benzene rings is 1. The Balaban J connectivity index is 1.81. The minimum atomic E-state index is -0.0872. The molecule has 1 N–H and O–H groups in total. The van der Waals surface area contributed by atoms with Crippen LogP contribution >= 0.6 is 0 Å². The third-order valence-corrected chi connectivity index (χ3v) is 3.74. The van der Waals surface area contributed by atoms with Gasteiger partial charge in [-0.05, 0) is 24.1 Å². The molecule has 1 atom stereocenters. The van der Waals surface area contributed by atoms with E-state index in [0.717, 1.165) is 17.7 Å². The summed E-state index contributed by atoms with van der Waals surface area (Å²) >= 11 is 0. The van der Waals surface area contributed by atoms with E-state index in [-0.39, 0.29) is 24.3 Å². The van der Waals surface area contributed by atoms with Crippen molar-refractivity contribution in [2.45, 2.75) is 25.3 Å². The molecular weight excluding hydrogens is 280 g/mol. The van der Waals surface area contributed by atoms with Gasteiger partial charge in [-0.2, -0.15) is 0 Å². The third-order valence-electron chi connectivity index (χ3n) is 3.74. The maximum absolute atomic E-state index is 12.0. The average Bonchev–Trinajstić information content (AvgIpc) is 2.85. The summed E-state index contributed by atoms with van der Waals surface area (Å²) in [5, 5.41) is 2.86. The lowest BCUT2D eigenvalue weighted by atomic mass is 10.1. The first kappa shape index (κ1) is 16.1. The van der Waals surface area contributed by atoms with Gasteiger partial charge < -0.3 is 15.0 Å². The van der Waals surface area contributed by atoms with E-state index in [9.17, 15) is 9.59 Å². The number of amides is 2. The summed E-state index contributed by atoms with van der Waals surface area (Å²) in [4.78, 5) is 25.3. The van der Waals surface area contributed by atoms with Gasteiger partial charge in [0.15, 0.2) is 0 Å². The van der Waals surface area contributed by atoms with Crippen molar-refractivity contribution in [2.24, 2.45) is 0 Å². The van der Waals surface area contributed by atoms with Crippen LogP contribution in [0.2, 0.25) is 0 Å². The van der Waals surface area contributed by atoms with Gasteiger partial charge in [-0.15, -0.1) is 6.58 Å². The molecule has 118 valence electrons. The van der Waals surface area contributed by atoms with Crippen LogP contribution in [0, 0.1) is 0 Å². The van der Waals surface area contributed by atoms with E-state index < -0.39 is 0 Å². The van der Waals surface area contributed by atoms with Gasteiger partial charge >= 0.3 is 0 Å². The van der Waals surface area contributed by atoms with E-state index in [0.29, 0.717) is 19.5 Å². The van der Waals surface area contributed by atoms with Gasteiger partial charge in [-0.3, -0.25) is 9.59 Å². The number of nitrogens with zero attached hydrogens (tertiary/aromatic N) is 1. The predicted octanol–water partition coefficient (Wildman–Crippen LogP) is 1.53. The van der Waals surface area contributed by atoms with Crippen molar-refractivity contribution in [1.29, 1.82) is 0 Å². The van der Waals surface area contributed by atoms with Gasteiger partial charge in [-0.25, -0.2) is 0 Å². The molecule has 2 amide bonds. The molecule has 0 bridgehead atoms. The van der Waals surface area contributed by atoms with Crippen molar-refractivity contribution in [3.05, 3.63) is 42.5 Å². The van der Waals surface area contributed by atoms with Gasteiger partial charge in [0.2, 0.25) is 11.8 Å². The smallest absolute Gasteiger partial charge is 0.224 e. The van der Waals surface area contributed by atoms with Crippen LogP contribution in [0.15, 0.2) is 36.9 Å². The highest BCUT2D eigenvalue weighted by molar-refractivity contribution is 5.82. The highest BCUT2D eigenvalue weighted by atomic mass is 16.5. The normalized spacial score (nSPS) is 17.4. The largest absolute Gasteiger partial charge is 0.497 e. The number of methoxy groups -OCH3 is 1. The van der Waals surface area contributed by atoms with Crippen LogP contribution < -0.4 is 10.1 Å². The van der Waals surface area contributed by atoms with E-state index in [1.165, 1.54) is 0 Å². The molecule has 5 heteroatoms. The highest BCUT2D eigenvalue weighted by Gasteiger charge is 2.29. The minimum Gasteiger partial charge on any atom is -0.497 e. The molecule has 0 unspecified atom stereocenters. The number of rotatable bonds is 7. The summed E-state index contributed by atoms with van der Waals surface area (Å²) in [6.45, 7) is 4.78. The Labute approximate surface area is 130 Å². The Morgan fingerprint density at radius 2 is 2.18 bits per heavy atom. The Morgan fingerprint density at radius 1 is 1.45 bits per heavy atom. The fraction of sp³-hybridized carbons (Fsp3) is 0.412. The molecule has 0 aromatic heterocycles. The van der Waals surface area contributed by atoms with Gasteiger partial charge in [0.1, 0.15) is 5.75 Å². The second-order valence-electron chi connectivity index (χ2n) is 5.40. The fourth-order valence-electron chi connectivity index (χ4n) is 2.56. The van der Waals surface area contributed by atoms with Crippen molar-refractivity contribution in [2.75, 3.05) is 20.2 Å². The molecule has 22 heavy (non-hydrogen) atoms. The Hall–Kier alpha value is -2.30. The fourth-order valence-corrected chi connectivity index (χ4v) is 2.56. The predicted molar refractivity (Wildman–Crippen MR) is 84.6 cm³/mol. The first-order valence-electron chi connectivity index (χ1n) is 7.43. The number of likely N-dealkylation sites (tertiary alicyclic amines) is 1. The van der Waals surface area contributed by atoms with Crippen molar-refractivity contribution in [1.82, 2.24) is 10.2 Å². The van der Waals surface area contributed by atoms with Gasteiger partial charge in [-0.1, -0.05) is 18.2 Å². The molecule has 1 aliphatic rings. The van der Waals surface area contributed by atoms with Crippen molar-refractivity contribution >= 4 is 11.8 Å². The minimum absolute atomic E-state index is 0.0789. The highest BCUT2D eigenvalue weighted by Crippen LogP contribution is 2.15. The number of ether oxygens (including phenoxy) is 1. The van der Waals surface area contributed by atoms with E-state index >= 15 is 0 Å². The number of nitrogens with one attached hydrogen (secondary N) is 1. The quantitative estimate of drug-likeness (QED) is 0.777. The maximum Gasteiger partial charge on any atom is 0.224 e. The summed E-state index contributed by atoms with van der Waals surface area (Å²) in [5.74, 6) is 0.841. The molecule has 1 heterocycles. The SMILES string of the molecule is C=CCC(=O)N[C@H]1CC(=O)N(CCc2ccc(OC)cc2)C1. The van der Waals surface area contributed by atoms with E-state index in [1.807, 2.05) is 29.2 Å². The number of carbonyl (C=O) groups excluding carboxylic acids is 2. The van der Waals surface area contributed by atoms with Gasteiger partial charge in [0, 0.05) is 25.9 Å². The Kier molecular flexibility index (Phi) is 5.58. The first-order chi connectivity index (χ1) is 10.6. The molecule has 2 rings (SSSR count). The van der Waals surface area contributed by atoms with Crippen molar-refractivity contribution in [3.63, 3.8) is 0 Å². The first-order valence-corrected chi connectivity index (χ1v) is 7.43. The second-order valence-corrected chi connectivity index (χ2v) is 5.40. The zero-order valence-corrected chi connectivity index (χ0v) is 12.9. The van der Waals surface area contributed by atoms with Crippen LogP contribution in [-0.4, -0.2) is 43.0 Å². The molecule has 1 aliphatic heterocycles. The molecule has 1 fully saturated rings. The summed E-state index contributed by atoms with van der Waals surface area (Å²) < 4.78 is 5.12. The Bertz CT molecular complexity index is 539. The van der Waals surface area contributed by atoms with E-state index in [1.54, 1.807) is 13.2 Å². The second kappa shape index (κ2) is 7.64. The summed E-state index contributed by atoms with van der Waals surface area (Å²) in [7, 11) is 1.64. The zero-order valence-electron chi connectivity index (χ0n) is 12.9. The van der Waals surface area contributed by atoms with Crippen LogP contribution in [0.25, 0.3) is 0 Å². The zero-order chi connectivity index (χ0) is 15.9. The lowest BCUT2D eigenvalue weighted by molar-refractivity contribution is -0.127. The van der Waals surface area contributed by atoms with Crippen molar-refractivity contribution < 1.29 is 14.3 Å². The van der Waals surface area contributed by atoms with Crippen molar-refractivity contribution in [3.8, 4) is 5.75 Å². The molecule has 0 radical (unpaired) electrons. The lowest BCUT2D eigenvalue weighted by Gasteiger charge is -2.17. The molecule has 1 aromatic carbocycles. The summed E-state index contributed by atoms with van der Waals surface area (Å²) in [6.07, 6.45) is 3.03.